The number of aromatic nitrogens is 1. The van der Waals surface area contributed by atoms with Crippen LogP contribution in [0.1, 0.15) is 18.5 Å². The number of pyridine rings is 1. The molecule has 0 aliphatic carbocycles. The van der Waals surface area contributed by atoms with Crippen molar-refractivity contribution in [3.63, 3.8) is 0 Å². The van der Waals surface area contributed by atoms with Crippen molar-refractivity contribution in [2.45, 2.75) is 17.9 Å². The van der Waals surface area contributed by atoms with E-state index in [1.807, 2.05) is 18.2 Å². The molecule has 1 N–H and O–H groups in total. The molecule has 21 heavy (non-hydrogen) atoms. The number of nitrogens with one attached hydrogen (secondary N) is 1. The summed E-state index contributed by atoms with van der Waals surface area (Å²) in [4.78, 5) is 3.98. The molecule has 0 saturated heterocycles. The molecule has 5 nitrogen and oxygen atoms in total. The molecule has 1 aromatic heterocycles. The first-order chi connectivity index (χ1) is 9.94. The summed E-state index contributed by atoms with van der Waals surface area (Å²) in [5.41, 5.74) is 0.770. The van der Waals surface area contributed by atoms with Gasteiger partial charge in [0.15, 0.2) is 0 Å². The summed E-state index contributed by atoms with van der Waals surface area (Å²) in [6, 6.07) is 8.37. The molecular formula is C14H15BrN2O3S. The van der Waals surface area contributed by atoms with Gasteiger partial charge >= 0.3 is 0 Å². The molecule has 0 aliphatic rings. The van der Waals surface area contributed by atoms with E-state index in [0.29, 0.717) is 10.2 Å². The monoisotopic (exact) mass is 370 g/mol. The Hall–Kier alpha value is -1.44. The van der Waals surface area contributed by atoms with E-state index in [0.717, 1.165) is 5.56 Å². The second-order valence-electron chi connectivity index (χ2n) is 4.42. The van der Waals surface area contributed by atoms with Gasteiger partial charge < -0.3 is 4.74 Å². The Morgan fingerprint density at radius 2 is 2.00 bits per heavy atom. The number of halogens is 1. The van der Waals surface area contributed by atoms with Gasteiger partial charge in [0.25, 0.3) is 0 Å². The molecule has 0 amide bonds. The summed E-state index contributed by atoms with van der Waals surface area (Å²) in [5, 5.41) is 0. The minimum absolute atomic E-state index is 0.110. The van der Waals surface area contributed by atoms with Crippen molar-refractivity contribution in [3.8, 4) is 5.75 Å². The van der Waals surface area contributed by atoms with Crippen molar-refractivity contribution in [3.05, 3.63) is 52.8 Å². The average Bonchev–Trinajstić information content (AvgIpc) is 2.46. The minimum Gasteiger partial charge on any atom is -0.496 e. The van der Waals surface area contributed by atoms with Gasteiger partial charge in [-0.15, -0.1) is 0 Å². The van der Waals surface area contributed by atoms with E-state index in [1.54, 1.807) is 20.1 Å². The van der Waals surface area contributed by atoms with Crippen LogP contribution >= 0.6 is 15.9 Å². The Bertz CT molecular complexity index is 735. The summed E-state index contributed by atoms with van der Waals surface area (Å²) >= 11 is 3.21. The molecule has 1 aromatic carbocycles. The second kappa shape index (κ2) is 6.55. The zero-order chi connectivity index (χ0) is 15.5. The van der Waals surface area contributed by atoms with Crippen LogP contribution in [0.25, 0.3) is 0 Å². The molecule has 2 aromatic rings. The summed E-state index contributed by atoms with van der Waals surface area (Å²) < 4.78 is 33.2. The van der Waals surface area contributed by atoms with Crippen molar-refractivity contribution in [1.82, 2.24) is 9.71 Å². The van der Waals surface area contributed by atoms with Gasteiger partial charge in [-0.25, -0.2) is 13.1 Å². The van der Waals surface area contributed by atoms with Crippen LogP contribution in [-0.2, 0) is 10.0 Å². The van der Waals surface area contributed by atoms with Crippen LogP contribution in [0.4, 0.5) is 0 Å². The van der Waals surface area contributed by atoms with Crippen molar-refractivity contribution < 1.29 is 13.2 Å². The molecule has 7 heteroatoms. The van der Waals surface area contributed by atoms with Crippen LogP contribution in [0, 0.1) is 0 Å². The number of methoxy groups -OCH3 is 1. The molecule has 0 bridgehead atoms. The highest BCUT2D eigenvalue weighted by atomic mass is 79.9. The highest BCUT2D eigenvalue weighted by Crippen LogP contribution is 2.26. The lowest BCUT2D eigenvalue weighted by Gasteiger charge is -2.17. The number of para-hydroxylation sites is 1. The highest BCUT2D eigenvalue weighted by Gasteiger charge is 2.20. The van der Waals surface area contributed by atoms with Gasteiger partial charge in [-0.3, -0.25) is 4.98 Å². The number of hydrogen-bond donors (Lipinski definition) is 1. The fraction of sp³-hybridized carbons (Fsp3) is 0.214. The molecule has 1 unspecified atom stereocenters. The Balaban J connectivity index is 2.28. The SMILES string of the molecule is COc1ccccc1C(C)NS(=O)(=O)c1cncc(Br)c1. The summed E-state index contributed by atoms with van der Waals surface area (Å²) in [6.07, 6.45) is 2.84. The lowest BCUT2D eigenvalue weighted by atomic mass is 10.1. The van der Waals surface area contributed by atoms with Crippen LogP contribution in [0.3, 0.4) is 0 Å². The summed E-state index contributed by atoms with van der Waals surface area (Å²) in [6.45, 7) is 1.76. The van der Waals surface area contributed by atoms with Gasteiger partial charge in [-0.2, -0.15) is 0 Å². The molecule has 0 fully saturated rings. The van der Waals surface area contributed by atoms with Crippen LogP contribution in [-0.4, -0.2) is 20.5 Å². The topological polar surface area (TPSA) is 68.3 Å². The van der Waals surface area contributed by atoms with Crippen LogP contribution < -0.4 is 9.46 Å². The van der Waals surface area contributed by atoms with Gasteiger partial charge in [0, 0.05) is 28.5 Å². The number of hydrogen-bond acceptors (Lipinski definition) is 4. The number of rotatable bonds is 5. The highest BCUT2D eigenvalue weighted by molar-refractivity contribution is 9.10. The first kappa shape index (κ1) is 15.9. The third-order valence-corrected chi connectivity index (χ3v) is 4.87. The normalized spacial score (nSPS) is 12.9. The van der Waals surface area contributed by atoms with E-state index in [4.69, 9.17) is 4.74 Å². The molecule has 0 aliphatic heterocycles. The van der Waals surface area contributed by atoms with Gasteiger partial charge in [-0.05, 0) is 35.0 Å². The molecule has 2 rings (SSSR count). The van der Waals surface area contributed by atoms with E-state index >= 15 is 0 Å². The summed E-state index contributed by atoms with van der Waals surface area (Å²) in [5.74, 6) is 0.639. The van der Waals surface area contributed by atoms with Crippen molar-refractivity contribution in [2.75, 3.05) is 7.11 Å². The van der Waals surface area contributed by atoms with Crippen molar-refractivity contribution in [2.24, 2.45) is 0 Å². The summed E-state index contributed by atoms with van der Waals surface area (Å²) in [7, 11) is -2.10. The van der Waals surface area contributed by atoms with E-state index in [9.17, 15) is 8.42 Å². The number of sulfonamides is 1. The lowest BCUT2D eigenvalue weighted by Crippen LogP contribution is -2.27. The van der Waals surface area contributed by atoms with Gasteiger partial charge in [0.05, 0.1) is 7.11 Å². The smallest absolute Gasteiger partial charge is 0.242 e. The number of benzene rings is 1. The lowest BCUT2D eigenvalue weighted by molar-refractivity contribution is 0.405. The Labute approximate surface area is 132 Å². The quantitative estimate of drug-likeness (QED) is 0.878. The Kier molecular flexibility index (Phi) is 4.97. The second-order valence-corrected chi connectivity index (χ2v) is 7.05. The largest absolute Gasteiger partial charge is 0.496 e. The molecular weight excluding hydrogens is 356 g/mol. The predicted octanol–water partition coefficient (Wildman–Crippen LogP) is 2.89. The number of ether oxygens (including phenoxy) is 1. The standard InChI is InChI=1S/C14H15BrN2O3S/c1-10(13-5-3-4-6-14(13)20-2)17-21(18,19)12-7-11(15)8-16-9-12/h3-10,17H,1-2H3. The molecule has 112 valence electrons. The maximum absolute atomic E-state index is 12.4. The molecule has 1 atom stereocenters. The fourth-order valence-electron chi connectivity index (χ4n) is 1.93. The van der Waals surface area contributed by atoms with Crippen LogP contribution in [0.15, 0.2) is 52.1 Å². The number of nitrogens with zero attached hydrogens (tertiary/aromatic N) is 1. The molecule has 1 heterocycles. The zero-order valence-electron chi connectivity index (χ0n) is 11.6. The van der Waals surface area contributed by atoms with E-state index < -0.39 is 16.1 Å². The van der Waals surface area contributed by atoms with Gasteiger partial charge in [-0.1, -0.05) is 18.2 Å². The minimum atomic E-state index is -3.65. The third kappa shape index (κ3) is 3.81. The predicted molar refractivity (Wildman–Crippen MR) is 83.7 cm³/mol. The van der Waals surface area contributed by atoms with Crippen molar-refractivity contribution in [1.29, 1.82) is 0 Å². The first-order valence-electron chi connectivity index (χ1n) is 6.20. The Morgan fingerprint density at radius 1 is 1.29 bits per heavy atom. The average molecular weight is 371 g/mol. The maximum Gasteiger partial charge on any atom is 0.242 e. The molecule has 0 saturated carbocycles. The van der Waals surface area contributed by atoms with Crippen LogP contribution in [0.2, 0.25) is 0 Å². The Morgan fingerprint density at radius 3 is 2.67 bits per heavy atom. The van der Waals surface area contributed by atoms with E-state index in [2.05, 4.69) is 25.6 Å². The van der Waals surface area contributed by atoms with Crippen LogP contribution in [0.5, 0.6) is 5.75 Å². The fourth-order valence-corrected chi connectivity index (χ4v) is 3.65. The maximum atomic E-state index is 12.4. The first-order valence-corrected chi connectivity index (χ1v) is 8.47. The molecule has 0 spiro atoms. The van der Waals surface area contributed by atoms with Gasteiger partial charge in [0.1, 0.15) is 10.6 Å². The third-order valence-electron chi connectivity index (χ3n) is 2.93. The van der Waals surface area contributed by atoms with E-state index in [-0.39, 0.29) is 4.90 Å². The molecule has 0 radical (unpaired) electrons. The zero-order valence-corrected chi connectivity index (χ0v) is 14.0. The van der Waals surface area contributed by atoms with Crippen molar-refractivity contribution >= 4 is 26.0 Å². The van der Waals surface area contributed by atoms with Gasteiger partial charge in [0.2, 0.25) is 10.0 Å². The van der Waals surface area contributed by atoms with E-state index in [1.165, 1.54) is 18.5 Å².